The molecule has 2 aliphatic heterocycles. The topological polar surface area (TPSA) is 73.5 Å². The molecule has 5 rings (SSSR count). The van der Waals surface area contributed by atoms with Crippen molar-refractivity contribution in [1.82, 2.24) is 10.2 Å². The van der Waals surface area contributed by atoms with Crippen LogP contribution in [0.1, 0.15) is 35.1 Å². The molecule has 2 aliphatic rings. The van der Waals surface area contributed by atoms with Crippen LogP contribution in [-0.2, 0) is 16.1 Å². The third kappa shape index (κ3) is 6.51. The Morgan fingerprint density at radius 1 is 1.00 bits per heavy atom. The maximum Gasteiger partial charge on any atom is 0.296 e. The fourth-order valence-electron chi connectivity index (χ4n) is 4.76. The third-order valence-electron chi connectivity index (χ3n) is 6.64. The fraction of sp³-hybridized carbons (Fsp3) is 0.226. The zero-order valence-corrected chi connectivity index (χ0v) is 21.3. The average Bonchev–Trinajstić information content (AvgIpc) is 3.57. The van der Waals surface area contributed by atoms with Gasteiger partial charge in [-0.3, -0.25) is 14.5 Å². The van der Waals surface area contributed by atoms with E-state index in [0.29, 0.717) is 28.1 Å². The molecule has 0 aromatic heterocycles. The van der Waals surface area contributed by atoms with Crippen LogP contribution in [0.25, 0.3) is 11.3 Å². The summed E-state index contributed by atoms with van der Waals surface area (Å²) in [6, 6.07) is 23.1. The number of alkyl halides is 2. The second-order valence-electron chi connectivity index (χ2n) is 9.49. The van der Waals surface area contributed by atoms with E-state index < -0.39 is 18.9 Å². The first kappa shape index (κ1) is 26.1. The van der Waals surface area contributed by atoms with Gasteiger partial charge in [0.25, 0.3) is 18.2 Å². The number of benzene rings is 3. The summed E-state index contributed by atoms with van der Waals surface area (Å²) in [5, 5.41) is 8.41. The second kappa shape index (κ2) is 11.9. The molecule has 3 aromatic carbocycles. The van der Waals surface area contributed by atoms with Gasteiger partial charge in [-0.25, -0.2) is 8.78 Å². The number of nitrogens with one attached hydrogen (secondary N) is 3. The minimum Gasteiger partial charge on any atom is -0.354 e. The zero-order valence-electron chi connectivity index (χ0n) is 21.3. The predicted octanol–water partition coefficient (Wildman–Crippen LogP) is 4.95. The van der Waals surface area contributed by atoms with E-state index in [9.17, 15) is 18.4 Å². The molecule has 1 saturated heterocycles. The number of carbonyl (C=O) groups excluding carboxylic acids is 2. The predicted molar refractivity (Wildman–Crippen MR) is 149 cm³/mol. The number of hydrogen-bond donors (Lipinski definition) is 3. The molecule has 0 atom stereocenters. The van der Waals surface area contributed by atoms with Gasteiger partial charge in [0.05, 0.1) is 23.5 Å². The van der Waals surface area contributed by atoms with Gasteiger partial charge in [-0.1, -0.05) is 54.5 Å². The molecule has 0 saturated carbocycles. The van der Waals surface area contributed by atoms with E-state index >= 15 is 0 Å². The molecule has 8 heteroatoms. The number of anilines is 2. The number of likely N-dealkylation sites (tertiary alicyclic amines) is 1. The van der Waals surface area contributed by atoms with Gasteiger partial charge in [-0.2, -0.15) is 0 Å². The minimum absolute atomic E-state index is 0.262. The number of halogens is 2. The number of carbonyl (C=O) groups is 2. The monoisotopic (exact) mass is 526 g/mol. The van der Waals surface area contributed by atoms with Crippen molar-refractivity contribution in [3.8, 4) is 11.8 Å². The van der Waals surface area contributed by atoms with E-state index in [-0.39, 0.29) is 5.91 Å². The second-order valence-corrected chi connectivity index (χ2v) is 9.49. The van der Waals surface area contributed by atoms with Crippen molar-refractivity contribution in [3.63, 3.8) is 0 Å². The molecule has 198 valence electrons. The van der Waals surface area contributed by atoms with Crippen molar-refractivity contribution in [2.75, 3.05) is 30.3 Å². The Bertz CT molecular complexity index is 1450. The Balaban J connectivity index is 1.43. The molecular weight excluding hydrogens is 498 g/mol. The van der Waals surface area contributed by atoms with Gasteiger partial charge >= 0.3 is 0 Å². The zero-order chi connectivity index (χ0) is 27.2. The molecule has 1 fully saturated rings. The summed E-state index contributed by atoms with van der Waals surface area (Å²) < 4.78 is 24.6. The SMILES string of the molecule is O=C(C#Cc1ccc2c(c1)NC(=O)/C2=C(\Nc1ccc(CN2CCCC2)cc1)c1ccccc1)NCC(F)F. The summed E-state index contributed by atoms with van der Waals surface area (Å²) in [6.07, 6.45) is -0.138. The molecule has 0 radical (unpaired) electrons. The van der Waals surface area contributed by atoms with Crippen molar-refractivity contribution < 1.29 is 18.4 Å². The highest BCUT2D eigenvalue weighted by molar-refractivity contribution is 6.37. The van der Waals surface area contributed by atoms with Crippen LogP contribution in [-0.4, -0.2) is 42.8 Å². The molecule has 6 nitrogen and oxygen atoms in total. The normalized spacial score (nSPS) is 15.8. The highest BCUT2D eigenvalue weighted by Crippen LogP contribution is 2.38. The largest absolute Gasteiger partial charge is 0.354 e. The number of rotatable bonds is 7. The molecule has 0 unspecified atom stereocenters. The van der Waals surface area contributed by atoms with Crippen LogP contribution in [0, 0.1) is 11.8 Å². The highest BCUT2D eigenvalue weighted by atomic mass is 19.3. The maximum absolute atomic E-state index is 13.2. The summed E-state index contributed by atoms with van der Waals surface area (Å²) in [7, 11) is 0. The quantitative estimate of drug-likeness (QED) is 0.301. The van der Waals surface area contributed by atoms with Crippen molar-refractivity contribution in [2.24, 2.45) is 0 Å². The Hall–Kier alpha value is -4.48. The number of fused-ring (bicyclic) bond motifs is 1. The van der Waals surface area contributed by atoms with Gasteiger partial charge in [0.15, 0.2) is 0 Å². The highest BCUT2D eigenvalue weighted by Gasteiger charge is 2.28. The first-order chi connectivity index (χ1) is 19.0. The number of hydrogen-bond acceptors (Lipinski definition) is 4. The van der Waals surface area contributed by atoms with Gasteiger partial charge < -0.3 is 16.0 Å². The van der Waals surface area contributed by atoms with Crippen LogP contribution in [0.3, 0.4) is 0 Å². The summed E-state index contributed by atoms with van der Waals surface area (Å²) >= 11 is 0. The van der Waals surface area contributed by atoms with E-state index in [2.05, 4.69) is 39.5 Å². The summed E-state index contributed by atoms with van der Waals surface area (Å²) in [4.78, 5) is 27.4. The van der Waals surface area contributed by atoms with Crippen LogP contribution in [0.15, 0.2) is 72.8 Å². The van der Waals surface area contributed by atoms with Crippen LogP contribution in [0.4, 0.5) is 20.2 Å². The smallest absolute Gasteiger partial charge is 0.296 e. The van der Waals surface area contributed by atoms with Gasteiger partial charge in [-0.05, 0) is 61.3 Å². The molecule has 3 aromatic rings. The summed E-state index contributed by atoms with van der Waals surface area (Å²) in [6.45, 7) is 2.45. The van der Waals surface area contributed by atoms with Crippen LogP contribution in [0.5, 0.6) is 0 Å². The summed E-state index contributed by atoms with van der Waals surface area (Å²) in [5.74, 6) is 3.92. The molecule has 2 amide bonds. The molecule has 0 aliphatic carbocycles. The lowest BCUT2D eigenvalue weighted by Gasteiger charge is -2.17. The van der Waals surface area contributed by atoms with Gasteiger partial charge in [-0.15, -0.1) is 0 Å². The van der Waals surface area contributed by atoms with Crippen LogP contribution < -0.4 is 16.0 Å². The maximum atomic E-state index is 13.2. The summed E-state index contributed by atoms with van der Waals surface area (Å²) in [5.41, 5.74) is 5.87. The Labute approximate surface area is 226 Å². The Morgan fingerprint density at radius 2 is 1.74 bits per heavy atom. The lowest BCUT2D eigenvalue weighted by molar-refractivity contribution is -0.116. The van der Waals surface area contributed by atoms with Gasteiger partial charge in [0, 0.05) is 29.3 Å². The van der Waals surface area contributed by atoms with Crippen molar-refractivity contribution >= 4 is 34.5 Å². The molecule has 0 bridgehead atoms. The van der Waals surface area contributed by atoms with Gasteiger partial charge in [0.2, 0.25) is 0 Å². The molecule has 0 spiro atoms. The van der Waals surface area contributed by atoms with E-state index in [0.717, 1.165) is 30.9 Å². The Morgan fingerprint density at radius 3 is 2.46 bits per heavy atom. The lowest BCUT2D eigenvalue weighted by Crippen LogP contribution is -2.26. The average molecular weight is 527 g/mol. The van der Waals surface area contributed by atoms with Crippen molar-refractivity contribution in [1.29, 1.82) is 0 Å². The van der Waals surface area contributed by atoms with Crippen molar-refractivity contribution in [2.45, 2.75) is 25.8 Å². The molecular formula is C31H28F2N4O2. The van der Waals surface area contributed by atoms with Crippen molar-refractivity contribution in [3.05, 3.63) is 95.1 Å². The van der Waals surface area contributed by atoms with E-state index in [1.54, 1.807) is 18.2 Å². The first-order valence-electron chi connectivity index (χ1n) is 12.9. The third-order valence-corrected chi connectivity index (χ3v) is 6.64. The van der Waals surface area contributed by atoms with E-state index in [1.807, 2.05) is 47.8 Å². The van der Waals surface area contributed by atoms with Crippen LogP contribution >= 0.6 is 0 Å². The Kier molecular flexibility index (Phi) is 7.99. The first-order valence-corrected chi connectivity index (χ1v) is 12.9. The van der Waals surface area contributed by atoms with E-state index in [1.165, 1.54) is 18.4 Å². The fourth-order valence-corrected chi connectivity index (χ4v) is 4.76. The van der Waals surface area contributed by atoms with Crippen LogP contribution in [0.2, 0.25) is 0 Å². The number of nitrogens with zero attached hydrogens (tertiary/aromatic N) is 1. The number of amides is 2. The minimum atomic E-state index is -2.64. The molecule has 39 heavy (non-hydrogen) atoms. The molecule has 2 heterocycles. The lowest BCUT2D eigenvalue weighted by atomic mass is 9.99. The van der Waals surface area contributed by atoms with E-state index in [4.69, 9.17) is 0 Å². The van der Waals surface area contributed by atoms with Gasteiger partial charge in [0.1, 0.15) is 0 Å². The molecule has 3 N–H and O–H groups in total. The standard InChI is InChI=1S/C31H28F2N4O2/c32-27(33)19-34-28(38)15-11-21-10-14-25-26(18-21)36-31(39)29(25)30(23-6-2-1-3-7-23)35-24-12-8-22(9-13-24)20-37-16-4-5-17-37/h1-3,6-10,12-14,18,27,35H,4-5,16-17,19-20H2,(H,34,38)(H,36,39)/b30-29-.